The maximum atomic E-state index is 13.6. The molecule has 0 saturated carbocycles. The Kier molecular flexibility index (Phi) is 7.34. The third kappa shape index (κ3) is 5.89. The summed E-state index contributed by atoms with van der Waals surface area (Å²) in [4.78, 5) is 41.7. The van der Waals surface area contributed by atoms with Gasteiger partial charge in [-0.25, -0.2) is 8.78 Å². The number of hydrogen-bond acceptors (Lipinski definition) is 7. The van der Waals surface area contributed by atoms with Crippen LogP contribution in [0, 0.1) is 11.3 Å². The molecule has 33 heavy (non-hydrogen) atoms. The second-order valence-electron chi connectivity index (χ2n) is 7.37. The molecule has 1 atom stereocenters. The quantitative estimate of drug-likeness (QED) is 0.508. The number of aromatic nitrogens is 1. The Balaban J connectivity index is 1.68. The molecule has 12 heteroatoms. The SMILES string of the molecule is N#CC1CC(F)(F)CN1C(=O)CNC(=O)c1ccnc2ccc(OCC(=O)NCCN)cc12. The zero-order valence-corrected chi connectivity index (χ0v) is 17.5. The van der Waals surface area contributed by atoms with Crippen LogP contribution in [0.1, 0.15) is 16.8 Å². The summed E-state index contributed by atoms with van der Waals surface area (Å²) >= 11 is 0. The van der Waals surface area contributed by atoms with Gasteiger partial charge in [0.05, 0.1) is 30.2 Å². The standard InChI is InChI=1S/C21H22F2N6O4/c22-21(23)8-13(9-25)29(12-21)19(31)10-28-20(32)15-3-5-26-17-2-1-14(7-16(15)17)33-11-18(30)27-6-4-24/h1-3,5,7,13H,4,6,8,10-12,24H2,(H,27,30)(H,28,32). The number of likely N-dealkylation sites (tertiary alicyclic amines) is 1. The predicted octanol–water partition coefficient (Wildman–Crippen LogP) is 0.178. The molecule has 1 fully saturated rings. The fourth-order valence-electron chi connectivity index (χ4n) is 3.37. The molecule has 1 aromatic carbocycles. The van der Waals surface area contributed by atoms with Gasteiger partial charge in [0.1, 0.15) is 11.8 Å². The van der Waals surface area contributed by atoms with Gasteiger partial charge in [0.2, 0.25) is 5.91 Å². The summed E-state index contributed by atoms with van der Waals surface area (Å²) in [5.41, 5.74) is 5.97. The van der Waals surface area contributed by atoms with Crippen LogP contribution in [0.2, 0.25) is 0 Å². The van der Waals surface area contributed by atoms with E-state index in [1.165, 1.54) is 18.3 Å². The normalized spacial score (nSPS) is 16.8. The molecule has 3 rings (SSSR count). The summed E-state index contributed by atoms with van der Waals surface area (Å²) in [5.74, 6) is -4.59. The summed E-state index contributed by atoms with van der Waals surface area (Å²) in [5, 5.41) is 14.4. The van der Waals surface area contributed by atoms with Gasteiger partial charge in [-0.05, 0) is 24.3 Å². The van der Waals surface area contributed by atoms with E-state index in [-0.39, 0.29) is 18.1 Å². The first-order valence-corrected chi connectivity index (χ1v) is 10.1. The molecule has 0 aliphatic carbocycles. The Morgan fingerprint density at radius 2 is 2.09 bits per heavy atom. The summed E-state index contributed by atoms with van der Waals surface area (Å²) in [6.07, 6.45) is 0.678. The van der Waals surface area contributed by atoms with Gasteiger partial charge in [-0.15, -0.1) is 0 Å². The Morgan fingerprint density at radius 1 is 1.30 bits per heavy atom. The lowest BCUT2D eigenvalue weighted by molar-refractivity contribution is -0.131. The number of halogens is 2. The number of nitrogens with zero attached hydrogens (tertiary/aromatic N) is 3. The van der Waals surface area contributed by atoms with Crippen LogP contribution in [-0.2, 0) is 9.59 Å². The Labute approximate surface area is 187 Å². The molecule has 174 valence electrons. The van der Waals surface area contributed by atoms with Crippen LogP contribution < -0.4 is 21.1 Å². The molecular formula is C21H22F2N6O4. The highest BCUT2D eigenvalue weighted by atomic mass is 19.3. The van der Waals surface area contributed by atoms with Gasteiger partial charge in [-0.2, -0.15) is 5.26 Å². The van der Waals surface area contributed by atoms with E-state index in [0.29, 0.717) is 29.7 Å². The van der Waals surface area contributed by atoms with Crippen molar-refractivity contribution in [1.82, 2.24) is 20.5 Å². The molecule has 1 aliphatic rings. The number of alkyl halides is 2. The van der Waals surface area contributed by atoms with Crippen LogP contribution in [0.4, 0.5) is 8.78 Å². The predicted molar refractivity (Wildman–Crippen MR) is 112 cm³/mol. The molecule has 4 N–H and O–H groups in total. The number of benzene rings is 1. The fraction of sp³-hybridized carbons (Fsp3) is 0.381. The molecule has 1 saturated heterocycles. The van der Waals surface area contributed by atoms with Gasteiger partial charge in [0.15, 0.2) is 6.61 Å². The molecule has 0 radical (unpaired) electrons. The highest BCUT2D eigenvalue weighted by Crippen LogP contribution is 2.31. The molecule has 1 aromatic heterocycles. The fourth-order valence-corrected chi connectivity index (χ4v) is 3.37. The van der Waals surface area contributed by atoms with Crippen molar-refractivity contribution in [3.8, 4) is 11.8 Å². The number of fused-ring (bicyclic) bond motifs is 1. The number of nitrogens with one attached hydrogen (secondary N) is 2. The molecular weight excluding hydrogens is 438 g/mol. The number of carbonyl (C=O) groups excluding carboxylic acids is 3. The van der Waals surface area contributed by atoms with Crippen LogP contribution >= 0.6 is 0 Å². The number of ether oxygens (including phenoxy) is 1. The number of hydrogen-bond donors (Lipinski definition) is 3. The summed E-state index contributed by atoms with van der Waals surface area (Å²) in [6.45, 7) is -1.04. The van der Waals surface area contributed by atoms with Crippen molar-refractivity contribution in [3.63, 3.8) is 0 Å². The summed E-state index contributed by atoms with van der Waals surface area (Å²) in [6, 6.07) is 6.60. The van der Waals surface area contributed by atoms with Crippen molar-refractivity contribution in [2.24, 2.45) is 5.73 Å². The molecule has 2 heterocycles. The van der Waals surface area contributed by atoms with E-state index < -0.39 is 43.3 Å². The molecule has 1 unspecified atom stereocenters. The average Bonchev–Trinajstić information content (AvgIpc) is 3.13. The molecule has 0 bridgehead atoms. The highest BCUT2D eigenvalue weighted by Gasteiger charge is 2.47. The minimum atomic E-state index is -3.14. The second-order valence-corrected chi connectivity index (χ2v) is 7.37. The van der Waals surface area contributed by atoms with Crippen LogP contribution in [0.5, 0.6) is 5.75 Å². The largest absolute Gasteiger partial charge is 0.484 e. The molecule has 1 aliphatic heterocycles. The van der Waals surface area contributed by atoms with Crippen LogP contribution in [0.15, 0.2) is 30.5 Å². The van der Waals surface area contributed by atoms with Crippen molar-refractivity contribution >= 4 is 28.6 Å². The lowest BCUT2D eigenvalue weighted by atomic mass is 10.1. The minimum absolute atomic E-state index is 0.175. The minimum Gasteiger partial charge on any atom is -0.484 e. The molecule has 2 aromatic rings. The first kappa shape index (κ1) is 23.8. The Morgan fingerprint density at radius 3 is 2.82 bits per heavy atom. The van der Waals surface area contributed by atoms with E-state index >= 15 is 0 Å². The zero-order chi connectivity index (χ0) is 24.0. The van der Waals surface area contributed by atoms with Gasteiger partial charge < -0.3 is 26.0 Å². The first-order chi connectivity index (χ1) is 15.7. The smallest absolute Gasteiger partial charge is 0.268 e. The number of nitriles is 1. The number of rotatable bonds is 8. The maximum absolute atomic E-state index is 13.6. The average molecular weight is 460 g/mol. The van der Waals surface area contributed by atoms with Crippen molar-refractivity contribution in [2.75, 3.05) is 32.8 Å². The lowest BCUT2D eigenvalue weighted by Crippen LogP contribution is -2.43. The van der Waals surface area contributed by atoms with Crippen LogP contribution in [0.3, 0.4) is 0 Å². The van der Waals surface area contributed by atoms with E-state index in [1.807, 2.05) is 0 Å². The summed E-state index contributed by atoms with van der Waals surface area (Å²) < 4.78 is 32.6. The van der Waals surface area contributed by atoms with Crippen LogP contribution in [-0.4, -0.2) is 72.4 Å². The van der Waals surface area contributed by atoms with Crippen molar-refractivity contribution < 1.29 is 27.9 Å². The van der Waals surface area contributed by atoms with Gasteiger partial charge in [0, 0.05) is 31.1 Å². The Hall–Kier alpha value is -3.85. The van der Waals surface area contributed by atoms with E-state index in [0.717, 1.165) is 4.90 Å². The first-order valence-electron chi connectivity index (χ1n) is 10.1. The van der Waals surface area contributed by atoms with Crippen LogP contribution in [0.25, 0.3) is 10.9 Å². The van der Waals surface area contributed by atoms with Crippen molar-refractivity contribution in [2.45, 2.75) is 18.4 Å². The monoisotopic (exact) mass is 460 g/mol. The number of carbonyl (C=O) groups is 3. The summed E-state index contributed by atoms with van der Waals surface area (Å²) in [7, 11) is 0. The number of nitrogens with two attached hydrogens (primary N) is 1. The molecule has 10 nitrogen and oxygen atoms in total. The lowest BCUT2D eigenvalue weighted by Gasteiger charge is -2.19. The maximum Gasteiger partial charge on any atom is 0.268 e. The molecule has 3 amide bonds. The van der Waals surface area contributed by atoms with E-state index in [2.05, 4.69) is 15.6 Å². The van der Waals surface area contributed by atoms with Gasteiger partial charge in [-0.1, -0.05) is 0 Å². The Bertz CT molecular complexity index is 1100. The van der Waals surface area contributed by atoms with Crippen molar-refractivity contribution in [3.05, 3.63) is 36.0 Å². The van der Waals surface area contributed by atoms with Crippen molar-refractivity contribution in [1.29, 1.82) is 5.26 Å². The second kappa shape index (κ2) is 10.2. The van der Waals surface area contributed by atoms with E-state index in [4.69, 9.17) is 15.7 Å². The topological polar surface area (TPSA) is 150 Å². The van der Waals surface area contributed by atoms with Gasteiger partial charge in [-0.3, -0.25) is 19.4 Å². The highest BCUT2D eigenvalue weighted by molar-refractivity contribution is 6.07. The van der Waals surface area contributed by atoms with E-state index in [1.54, 1.807) is 18.2 Å². The third-order valence-electron chi connectivity index (χ3n) is 4.93. The third-order valence-corrected chi connectivity index (χ3v) is 4.93. The van der Waals surface area contributed by atoms with Gasteiger partial charge >= 0.3 is 0 Å². The zero-order valence-electron chi connectivity index (χ0n) is 17.5. The van der Waals surface area contributed by atoms with Gasteiger partial charge in [0.25, 0.3) is 17.7 Å². The number of amides is 3. The number of pyridine rings is 1. The van der Waals surface area contributed by atoms with E-state index in [9.17, 15) is 23.2 Å². The molecule has 0 spiro atoms.